The average molecular weight is 159 g/mol. The smallest absolute Gasteiger partial charge is 0.164 e. The van der Waals surface area contributed by atoms with Crippen LogP contribution in [-0.4, -0.2) is 29.4 Å². The molecule has 0 spiro atoms. The van der Waals surface area contributed by atoms with Crippen molar-refractivity contribution < 1.29 is 14.7 Å². The normalized spacial score (nSPS) is 36.6. The molecule has 1 fully saturated rings. The molecular formula is C7H13NO3. The molecule has 1 N–H and O–H groups in total. The Balaban J connectivity index is 2.65. The summed E-state index contributed by atoms with van der Waals surface area (Å²) >= 11 is 0. The molecule has 1 atom stereocenters. The number of ether oxygens (including phenoxy) is 2. The van der Waals surface area contributed by atoms with E-state index in [2.05, 4.69) is 5.16 Å². The van der Waals surface area contributed by atoms with E-state index in [4.69, 9.17) is 14.7 Å². The van der Waals surface area contributed by atoms with Crippen LogP contribution in [-0.2, 0) is 9.47 Å². The highest BCUT2D eigenvalue weighted by molar-refractivity contribution is 5.68. The molecule has 0 bridgehead atoms. The summed E-state index contributed by atoms with van der Waals surface area (Å²) in [6.07, 6.45) is 1.34. The fraction of sp³-hybridized carbons (Fsp3) is 0.857. The molecule has 0 aliphatic carbocycles. The number of rotatable bonds is 1. The molecule has 1 unspecified atom stereocenters. The number of hydrogen-bond donors (Lipinski definition) is 1. The summed E-state index contributed by atoms with van der Waals surface area (Å²) < 4.78 is 10.7. The SMILES string of the molecule is CC1(C=NO)COC(C)(C)O1. The molecule has 11 heavy (non-hydrogen) atoms. The van der Waals surface area contributed by atoms with Crippen molar-refractivity contribution in [2.45, 2.75) is 32.2 Å². The average Bonchev–Trinajstić information content (AvgIpc) is 2.07. The molecule has 0 aromatic rings. The lowest BCUT2D eigenvalue weighted by Crippen LogP contribution is -2.32. The lowest BCUT2D eigenvalue weighted by atomic mass is 10.1. The van der Waals surface area contributed by atoms with E-state index in [0.717, 1.165) is 0 Å². The van der Waals surface area contributed by atoms with Crippen LogP contribution in [0.2, 0.25) is 0 Å². The van der Waals surface area contributed by atoms with Gasteiger partial charge in [-0.15, -0.1) is 0 Å². The summed E-state index contributed by atoms with van der Waals surface area (Å²) in [7, 11) is 0. The van der Waals surface area contributed by atoms with Crippen molar-refractivity contribution in [3.8, 4) is 0 Å². The van der Waals surface area contributed by atoms with Gasteiger partial charge in [0.25, 0.3) is 0 Å². The summed E-state index contributed by atoms with van der Waals surface area (Å²) in [5.74, 6) is -0.573. The van der Waals surface area contributed by atoms with Gasteiger partial charge in [0.15, 0.2) is 5.79 Å². The van der Waals surface area contributed by atoms with Crippen LogP contribution >= 0.6 is 0 Å². The Bertz CT molecular complexity index is 179. The molecule has 0 radical (unpaired) electrons. The molecule has 1 aliphatic rings. The van der Waals surface area contributed by atoms with Crippen molar-refractivity contribution in [1.29, 1.82) is 0 Å². The van der Waals surface area contributed by atoms with Crippen molar-refractivity contribution >= 4 is 6.21 Å². The third kappa shape index (κ3) is 1.91. The molecule has 0 saturated carbocycles. The Labute approximate surface area is 65.8 Å². The predicted octanol–water partition coefficient (Wildman–Crippen LogP) is 0.988. The monoisotopic (exact) mass is 159 g/mol. The van der Waals surface area contributed by atoms with Gasteiger partial charge in [-0.1, -0.05) is 5.16 Å². The topological polar surface area (TPSA) is 51.1 Å². The minimum absolute atomic E-state index is 0.421. The lowest BCUT2D eigenvalue weighted by Gasteiger charge is -2.20. The summed E-state index contributed by atoms with van der Waals surface area (Å²) in [6, 6.07) is 0. The minimum atomic E-state index is -0.585. The number of oxime groups is 1. The maximum Gasteiger partial charge on any atom is 0.164 e. The third-order valence-corrected chi connectivity index (χ3v) is 1.52. The van der Waals surface area contributed by atoms with Gasteiger partial charge >= 0.3 is 0 Å². The molecule has 64 valence electrons. The van der Waals surface area contributed by atoms with E-state index in [9.17, 15) is 0 Å². The van der Waals surface area contributed by atoms with Crippen LogP contribution in [0, 0.1) is 0 Å². The van der Waals surface area contributed by atoms with Gasteiger partial charge in [0.2, 0.25) is 0 Å². The van der Waals surface area contributed by atoms with E-state index >= 15 is 0 Å². The van der Waals surface area contributed by atoms with Crippen molar-refractivity contribution in [2.75, 3.05) is 6.61 Å². The molecule has 1 heterocycles. The second-order valence-corrected chi connectivity index (χ2v) is 3.35. The molecule has 0 amide bonds. The fourth-order valence-electron chi connectivity index (χ4n) is 1.12. The quantitative estimate of drug-likeness (QED) is 0.352. The van der Waals surface area contributed by atoms with E-state index in [1.807, 2.05) is 20.8 Å². The van der Waals surface area contributed by atoms with Gasteiger partial charge in [0.1, 0.15) is 5.60 Å². The Morgan fingerprint density at radius 1 is 1.45 bits per heavy atom. The van der Waals surface area contributed by atoms with E-state index in [-0.39, 0.29) is 0 Å². The third-order valence-electron chi connectivity index (χ3n) is 1.52. The highest BCUT2D eigenvalue weighted by Gasteiger charge is 2.40. The van der Waals surface area contributed by atoms with Crippen molar-refractivity contribution in [1.82, 2.24) is 0 Å². The molecule has 1 aliphatic heterocycles. The molecule has 1 saturated heterocycles. The Kier molecular flexibility index (Phi) is 1.90. The standard InChI is InChI=1S/C7H13NO3/c1-6(2)10-5-7(3,11-6)4-8-9/h4,9H,5H2,1-3H3. The largest absolute Gasteiger partial charge is 0.411 e. The van der Waals surface area contributed by atoms with Crippen LogP contribution in [0.4, 0.5) is 0 Å². The minimum Gasteiger partial charge on any atom is -0.411 e. The zero-order valence-electron chi connectivity index (χ0n) is 7.00. The van der Waals surface area contributed by atoms with E-state index < -0.39 is 11.4 Å². The Morgan fingerprint density at radius 3 is 2.45 bits per heavy atom. The van der Waals surface area contributed by atoms with E-state index in [0.29, 0.717) is 6.61 Å². The van der Waals surface area contributed by atoms with Gasteiger partial charge in [-0.3, -0.25) is 0 Å². The molecular weight excluding hydrogens is 146 g/mol. The maximum atomic E-state index is 8.30. The van der Waals surface area contributed by atoms with Crippen LogP contribution in [0.25, 0.3) is 0 Å². The Morgan fingerprint density at radius 2 is 2.09 bits per heavy atom. The van der Waals surface area contributed by atoms with Gasteiger partial charge in [-0.05, 0) is 20.8 Å². The molecule has 4 nitrogen and oxygen atoms in total. The second-order valence-electron chi connectivity index (χ2n) is 3.35. The zero-order valence-corrected chi connectivity index (χ0v) is 7.00. The van der Waals surface area contributed by atoms with Crippen molar-refractivity contribution in [3.05, 3.63) is 0 Å². The molecule has 1 rings (SSSR count). The van der Waals surface area contributed by atoms with Crippen molar-refractivity contribution in [2.24, 2.45) is 5.16 Å². The van der Waals surface area contributed by atoms with Gasteiger partial charge in [0.05, 0.1) is 12.8 Å². The molecule has 4 heteroatoms. The van der Waals surface area contributed by atoms with Crippen LogP contribution in [0.5, 0.6) is 0 Å². The van der Waals surface area contributed by atoms with Crippen LogP contribution in [0.3, 0.4) is 0 Å². The molecule has 0 aromatic carbocycles. The van der Waals surface area contributed by atoms with Gasteiger partial charge in [-0.2, -0.15) is 0 Å². The summed E-state index contributed by atoms with van der Waals surface area (Å²) in [4.78, 5) is 0. The number of hydrogen-bond acceptors (Lipinski definition) is 4. The number of nitrogens with zero attached hydrogens (tertiary/aromatic N) is 1. The van der Waals surface area contributed by atoms with Crippen LogP contribution in [0.1, 0.15) is 20.8 Å². The van der Waals surface area contributed by atoms with Crippen molar-refractivity contribution in [3.63, 3.8) is 0 Å². The van der Waals surface area contributed by atoms with Gasteiger partial charge in [-0.25, -0.2) is 0 Å². The highest BCUT2D eigenvalue weighted by atomic mass is 16.8. The highest BCUT2D eigenvalue weighted by Crippen LogP contribution is 2.28. The first-order valence-corrected chi connectivity index (χ1v) is 3.50. The molecule has 0 aromatic heterocycles. The Hall–Kier alpha value is -0.610. The first kappa shape index (κ1) is 8.49. The summed E-state index contributed by atoms with van der Waals surface area (Å²) in [5.41, 5.74) is -0.585. The lowest BCUT2D eigenvalue weighted by molar-refractivity contribution is -0.144. The van der Waals surface area contributed by atoms with E-state index in [1.54, 1.807) is 0 Å². The van der Waals surface area contributed by atoms with E-state index in [1.165, 1.54) is 6.21 Å². The first-order chi connectivity index (χ1) is 4.97. The zero-order chi connectivity index (χ0) is 8.54. The fourth-order valence-corrected chi connectivity index (χ4v) is 1.12. The van der Waals surface area contributed by atoms with Crippen LogP contribution in [0.15, 0.2) is 5.16 Å². The second kappa shape index (κ2) is 2.46. The summed E-state index contributed by atoms with van der Waals surface area (Å²) in [6.45, 7) is 5.87. The van der Waals surface area contributed by atoms with Gasteiger partial charge in [0, 0.05) is 0 Å². The van der Waals surface area contributed by atoms with Crippen LogP contribution < -0.4 is 0 Å². The predicted molar refractivity (Wildman–Crippen MR) is 39.8 cm³/mol. The summed E-state index contributed by atoms with van der Waals surface area (Å²) in [5, 5.41) is 11.2. The van der Waals surface area contributed by atoms with Gasteiger partial charge < -0.3 is 14.7 Å². The first-order valence-electron chi connectivity index (χ1n) is 3.50. The maximum absolute atomic E-state index is 8.30.